The molecule has 0 bridgehead atoms. The molecule has 5 rings (SSSR count). The summed E-state index contributed by atoms with van der Waals surface area (Å²) in [6.07, 6.45) is 1.69. The van der Waals surface area contributed by atoms with E-state index in [1.165, 1.54) is 0 Å². The minimum atomic E-state index is -0.376. The van der Waals surface area contributed by atoms with E-state index in [1.807, 2.05) is 48.5 Å². The zero-order valence-electron chi connectivity index (χ0n) is 17.6. The molecule has 0 fully saturated rings. The summed E-state index contributed by atoms with van der Waals surface area (Å²) in [7, 11) is 0. The van der Waals surface area contributed by atoms with Gasteiger partial charge in [-0.1, -0.05) is 41.9 Å². The smallest absolute Gasteiger partial charge is 0.278 e. The van der Waals surface area contributed by atoms with Crippen LogP contribution in [0.1, 0.15) is 16.2 Å². The number of nitrogens with one attached hydrogen (secondary N) is 1. The third kappa shape index (κ3) is 4.26. The first kappa shape index (κ1) is 20.7. The summed E-state index contributed by atoms with van der Waals surface area (Å²) in [6, 6.07) is 24.0. The summed E-state index contributed by atoms with van der Waals surface area (Å²) in [4.78, 5) is 12.9. The molecular formula is C25H18ClN5O2. The maximum Gasteiger partial charge on any atom is 0.278 e. The highest BCUT2D eigenvalue weighted by Crippen LogP contribution is 2.27. The first-order valence-corrected chi connectivity index (χ1v) is 10.6. The van der Waals surface area contributed by atoms with E-state index in [1.54, 1.807) is 48.0 Å². The monoisotopic (exact) mass is 455 g/mol. The molecule has 0 atom stereocenters. The topological polar surface area (TPSA) is 81.4 Å². The Hall–Kier alpha value is -4.23. The van der Waals surface area contributed by atoms with E-state index in [9.17, 15) is 4.79 Å². The summed E-state index contributed by atoms with van der Waals surface area (Å²) in [5.41, 5.74) is 3.59. The second-order valence-electron chi connectivity index (χ2n) is 7.33. The fraction of sp³-hybridized carbons (Fsp3) is 0.0400. The average Bonchev–Trinajstić information content (AvgIpc) is 3.26. The second-order valence-corrected chi connectivity index (χ2v) is 7.77. The van der Waals surface area contributed by atoms with Crippen molar-refractivity contribution in [2.45, 2.75) is 6.92 Å². The van der Waals surface area contributed by atoms with Crippen LogP contribution in [-0.2, 0) is 0 Å². The van der Waals surface area contributed by atoms with Crippen molar-refractivity contribution in [2.24, 2.45) is 0 Å². The molecule has 1 N–H and O–H groups in total. The molecule has 7 nitrogen and oxygen atoms in total. The highest BCUT2D eigenvalue weighted by atomic mass is 35.5. The van der Waals surface area contributed by atoms with Gasteiger partial charge in [-0.2, -0.15) is 5.10 Å². The highest BCUT2D eigenvalue weighted by Gasteiger charge is 2.18. The van der Waals surface area contributed by atoms with E-state index in [0.29, 0.717) is 27.8 Å². The van der Waals surface area contributed by atoms with Crippen molar-refractivity contribution in [3.05, 3.63) is 101 Å². The zero-order valence-corrected chi connectivity index (χ0v) is 18.3. The van der Waals surface area contributed by atoms with Gasteiger partial charge in [-0.25, -0.2) is 4.52 Å². The Kier molecular flexibility index (Phi) is 5.46. The van der Waals surface area contributed by atoms with Crippen LogP contribution in [0.3, 0.4) is 0 Å². The number of hydrogen-bond donors (Lipinski definition) is 1. The van der Waals surface area contributed by atoms with Crippen LogP contribution in [0.5, 0.6) is 11.5 Å². The lowest BCUT2D eigenvalue weighted by Gasteiger charge is -2.09. The van der Waals surface area contributed by atoms with Crippen LogP contribution in [0, 0.1) is 6.92 Å². The van der Waals surface area contributed by atoms with Crippen molar-refractivity contribution in [1.29, 1.82) is 0 Å². The number of aromatic nitrogens is 4. The Morgan fingerprint density at radius 2 is 1.70 bits per heavy atom. The van der Waals surface area contributed by atoms with Gasteiger partial charge in [-0.05, 0) is 61.0 Å². The molecule has 162 valence electrons. The van der Waals surface area contributed by atoms with E-state index in [2.05, 4.69) is 20.6 Å². The molecule has 3 aromatic carbocycles. The van der Waals surface area contributed by atoms with Gasteiger partial charge in [0.25, 0.3) is 5.91 Å². The van der Waals surface area contributed by atoms with Gasteiger partial charge in [0.15, 0.2) is 11.3 Å². The summed E-state index contributed by atoms with van der Waals surface area (Å²) in [5, 5.41) is 16.3. The minimum absolute atomic E-state index is 0.188. The van der Waals surface area contributed by atoms with Gasteiger partial charge in [0.2, 0.25) is 0 Å². The van der Waals surface area contributed by atoms with Crippen LogP contribution in [0.15, 0.2) is 85.1 Å². The number of para-hydroxylation sites is 1. The van der Waals surface area contributed by atoms with Crippen LogP contribution >= 0.6 is 11.6 Å². The third-order valence-electron chi connectivity index (χ3n) is 5.09. The van der Waals surface area contributed by atoms with E-state index in [4.69, 9.17) is 16.3 Å². The number of benzene rings is 3. The molecular weight excluding hydrogens is 438 g/mol. The summed E-state index contributed by atoms with van der Waals surface area (Å²) in [6.45, 7) is 1.78. The first-order chi connectivity index (χ1) is 16.1. The average molecular weight is 456 g/mol. The maximum absolute atomic E-state index is 12.9. The molecule has 2 heterocycles. The van der Waals surface area contributed by atoms with E-state index in [0.717, 1.165) is 16.9 Å². The predicted octanol–water partition coefficient (Wildman–Crippen LogP) is 5.80. The number of hydrogen-bond acceptors (Lipinski definition) is 5. The molecule has 8 heteroatoms. The lowest BCUT2D eigenvalue weighted by atomic mass is 10.1. The Morgan fingerprint density at radius 3 is 2.45 bits per heavy atom. The van der Waals surface area contributed by atoms with Crippen molar-refractivity contribution in [3.63, 3.8) is 0 Å². The summed E-state index contributed by atoms with van der Waals surface area (Å²) in [5.74, 6) is 1.03. The van der Waals surface area contributed by atoms with Crippen LogP contribution in [0.2, 0.25) is 5.02 Å². The van der Waals surface area contributed by atoms with Gasteiger partial charge in [0.05, 0.1) is 11.9 Å². The number of anilines is 1. The number of aryl methyl sites for hydroxylation is 1. The second kappa shape index (κ2) is 8.72. The molecule has 0 aliphatic heterocycles. The third-order valence-corrected chi connectivity index (χ3v) is 5.33. The van der Waals surface area contributed by atoms with Crippen molar-refractivity contribution >= 4 is 28.8 Å². The molecule has 0 aliphatic carbocycles. The largest absolute Gasteiger partial charge is 0.457 e. The minimum Gasteiger partial charge on any atom is -0.457 e. The fourth-order valence-corrected chi connectivity index (χ4v) is 3.63. The molecule has 1 amide bonds. The van der Waals surface area contributed by atoms with Gasteiger partial charge in [-0.3, -0.25) is 4.79 Å². The van der Waals surface area contributed by atoms with Gasteiger partial charge >= 0.3 is 0 Å². The maximum atomic E-state index is 12.9. The number of nitrogens with zero attached hydrogens (tertiary/aromatic N) is 4. The molecule has 5 aromatic rings. The van der Waals surface area contributed by atoms with E-state index < -0.39 is 0 Å². The number of amides is 1. The molecule has 0 unspecified atom stereocenters. The Balaban J connectivity index is 1.36. The number of rotatable bonds is 5. The number of fused-ring (bicyclic) bond motifs is 1. The Bertz CT molecular complexity index is 1450. The molecule has 0 saturated carbocycles. The van der Waals surface area contributed by atoms with Crippen LogP contribution in [-0.4, -0.2) is 25.7 Å². The SMILES string of the molecule is Cc1c(C(=O)Nc2ccc(Oc3ccccc3)cc2)nnc2c(-c3cccc(Cl)c3)cnn12. The van der Waals surface area contributed by atoms with Crippen molar-refractivity contribution < 1.29 is 9.53 Å². The molecule has 0 saturated heterocycles. The fourth-order valence-electron chi connectivity index (χ4n) is 3.44. The number of ether oxygens (including phenoxy) is 1. The van der Waals surface area contributed by atoms with Gasteiger partial charge < -0.3 is 10.1 Å². The lowest BCUT2D eigenvalue weighted by Crippen LogP contribution is -2.18. The van der Waals surface area contributed by atoms with Gasteiger partial charge in [0, 0.05) is 16.3 Å². The van der Waals surface area contributed by atoms with Gasteiger partial charge in [0.1, 0.15) is 11.5 Å². The van der Waals surface area contributed by atoms with Crippen LogP contribution < -0.4 is 10.1 Å². The predicted molar refractivity (Wildman–Crippen MR) is 127 cm³/mol. The Morgan fingerprint density at radius 1 is 0.939 bits per heavy atom. The van der Waals surface area contributed by atoms with Gasteiger partial charge in [-0.15, -0.1) is 10.2 Å². The Labute approximate surface area is 194 Å². The molecule has 33 heavy (non-hydrogen) atoms. The summed E-state index contributed by atoms with van der Waals surface area (Å²) >= 11 is 6.11. The van der Waals surface area contributed by atoms with E-state index >= 15 is 0 Å². The quantitative estimate of drug-likeness (QED) is 0.362. The molecule has 0 radical (unpaired) electrons. The van der Waals surface area contributed by atoms with Crippen molar-refractivity contribution in [3.8, 4) is 22.6 Å². The highest BCUT2D eigenvalue weighted by molar-refractivity contribution is 6.30. The van der Waals surface area contributed by atoms with Crippen LogP contribution in [0.25, 0.3) is 16.8 Å². The summed E-state index contributed by atoms with van der Waals surface area (Å²) < 4.78 is 7.39. The van der Waals surface area contributed by atoms with Crippen molar-refractivity contribution in [2.75, 3.05) is 5.32 Å². The first-order valence-electron chi connectivity index (χ1n) is 10.2. The van der Waals surface area contributed by atoms with Crippen molar-refractivity contribution in [1.82, 2.24) is 19.8 Å². The normalized spacial score (nSPS) is 10.8. The standard InChI is InChI=1S/C25H18ClN5O2/c1-16-23(29-30-24-22(15-27-31(16)24)17-6-5-7-18(26)14-17)25(32)28-19-10-12-21(13-11-19)33-20-8-3-2-4-9-20/h2-15H,1H3,(H,28,32). The van der Waals surface area contributed by atoms with Crippen LogP contribution in [0.4, 0.5) is 5.69 Å². The lowest BCUT2D eigenvalue weighted by molar-refractivity contribution is 0.102. The zero-order chi connectivity index (χ0) is 22.8. The number of halogens is 1. The van der Waals surface area contributed by atoms with E-state index in [-0.39, 0.29) is 11.6 Å². The number of carbonyl (C=O) groups is 1. The molecule has 0 aliphatic rings. The molecule has 2 aromatic heterocycles. The molecule has 0 spiro atoms. The number of carbonyl (C=O) groups excluding carboxylic acids is 1.